The third kappa shape index (κ3) is 2.53. The van der Waals surface area contributed by atoms with Crippen molar-refractivity contribution >= 4 is 0 Å². The zero-order valence-corrected chi connectivity index (χ0v) is 6.51. The molecule has 64 valence electrons. The first-order valence-corrected chi connectivity index (χ1v) is 3.42. The number of pyridine rings is 1. The second kappa shape index (κ2) is 4.18. The van der Waals surface area contributed by atoms with Gasteiger partial charge in [-0.2, -0.15) is 19.0 Å². The van der Waals surface area contributed by atoms with E-state index in [0.717, 1.165) is 6.07 Å². The Morgan fingerprint density at radius 2 is 2.15 bits per heavy atom. The first kappa shape index (κ1) is 9.15. The molecule has 2 nitrogen and oxygen atoms in total. The van der Waals surface area contributed by atoms with Crippen LogP contribution in [0.3, 0.4) is 0 Å². The summed E-state index contributed by atoms with van der Waals surface area (Å²) in [5.74, 6) is 2.92. The highest BCUT2D eigenvalue weighted by molar-refractivity contribution is 5.33. The van der Waals surface area contributed by atoms with E-state index in [9.17, 15) is 8.78 Å². The van der Waals surface area contributed by atoms with Gasteiger partial charge in [0.05, 0.1) is 18.1 Å². The summed E-state index contributed by atoms with van der Waals surface area (Å²) in [6, 6.07) is 3.97. The maximum atomic E-state index is 12.7. The standard InChI is InChI=1S/C9H4F2N2/c10-8-5-4-7(9(11)13-8)3-1-2-6-12/h4-5H,2H2. The highest BCUT2D eigenvalue weighted by Crippen LogP contribution is 2.03. The Labute approximate surface area is 73.8 Å². The molecule has 0 aliphatic carbocycles. The topological polar surface area (TPSA) is 36.7 Å². The van der Waals surface area contributed by atoms with Gasteiger partial charge in [0.25, 0.3) is 0 Å². The van der Waals surface area contributed by atoms with E-state index >= 15 is 0 Å². The third-order valence-corrected chi connectivity index (χ3v) is 1.21. The molecule has 0 N–H and O–H groups in total. The number of hydrogen-bond acceptors (Lipinski definition) is 2. The lowest BCUT2D eigenvalue weighted by Gasteiger charge is -1.91. The number of aromatic nitrogens is 1. The lowest BCUT2D eigenvalue weighted by molar-refractivity contribution is 0.510. The quantitative estimate of drug-likeness (QED) is 0.447. The Morgan fingerprint density at radius 1 is 1.38 bits per heavy atom. The van der Waals surface area contributed by atoms with Crippen molar-refractivity contribution in [1.82, 2.24) is 4.98 Å². The lowest BCUT2D eigenvalue weighted by Crippen LogP contribution is -1.91. The maximum Gasteiger partial charge on any atom is 0.231 e. The molecule has 0 fully saturated rings. The van der Waals surface area contributed by atoms with Crippen molar-refractivity contribution in [1.29, 1.82) is 5.26 Å². The highest BCUT2D eigenvalue weighted by Gasteiger charge is 2.01. The van der Waals surface area contributed by atoms with Crippen LogP contribution in [0.2, 0.25) is 0 Å². The molecule has 0 amide bonds. The van der Waals surface area contributed by atoms with Crippen LogP contribution < -0.4 is 0 Å². The normalized spacial score (nSPS) is 8.38. The van der Waals surface area contributed by atoms with Crippen LogP contribution in [0, 0.1) is 35.1 Å². The smallest absolute Gasteiger partial charge is 0.197 e. The van der Waals surface area contributed by atoms with Crippen molar-refractivity contribution in [2.75, 3.05) is 0 Å². The predicted molar refractivity (Wildman–Crippen MR) is 41.3 cm³/mol. The fourth-order valence-electron chi connectivity index (χ4n) is 0.684. The van der Waals surface area contributed by atoms with Crippen LogP contribution in [0.5, 0.6) is 0 Å². The van der Waals surface area contributed by atoms with Gasteiger partial charge in [-0.25, -0.2) is 0 Å². The molecule has 1 aromatic rings. The Morgan fingerprint density at radius 3 is 2.77 bits per heavy atom. The Hall–Kier alpha value is -1.94. The van der Waals surface area contributed by atoms with Gasteiger partial charge in [0, 0.05) is 0 Å². The van der Waals surface area contributed by atoms with Crippen molar-refractivity contribution in [2.45, 2.75) is 6.42 Å². The minimum absolute atomic E-state index is 0.00310. The Bertz CT molecular complexity index is 410. The van der Waals surface area contributed by atoms with Gasteiger partial charge in [0.1, 0.15) is 0 Å². The fourth-order valence-corrected chi connectivity index (χ4v) is 0.684. The molecule has 0 unspecified atom stereocenters. The molecule has 1 heterocycles. The molecule has 1 aromatic heterocycles. The van der Waals surface area contributed by atoms with E-state index in [0.29, 0.717) is 0 Å². The zero-order valence-electron chi connectivity index (χ0n) is 6.51. The minimum atomic E-state index is -0.953. The predicted octanol–water partition coefficient (Wildman–Crippen LogP) is 1.62. The molecule has 0 radical (unpaired) electrons. The van der Waals surface area contributed by atoms with E-state index in [1.165, 1.54) is 6.07 Å². The first-order valence-electron chi connectivity index (χ1n) is 3.42. The van der Waals surface area contributed by atoms with Crippen molar-refractivity contribution in [2.24, 2.45) is 0 Å². The van der Waals surface area contributed by atoms with Gasteiger partial charge < -0.3 is 0 Å². The molecule has 13 heavy (non-hydrogen) atoms. The van der Waals surface area contributed by atoms with E-state index in [2.05, 4.69) is 16.8 Å². The SMILES string of the molecule is N#CCC#Cc1ccc(F)nc1F. The van der Waals surface area contributed by atoms with Crippen LogP contribution in [0.15, 0.2) is 12.1 Å². The van der Waals surface area contributed by atoms with Crippen LogP contribution in [-0.4, -0.2) is 4.98 Å². The molecule has 0 spiro atoms. The number of nitrogens with zero attached hydrogens (tertiary/aromatic N) is 2. The second-order valence-corrected chi connectivity index (χ2v) is 2.11. The van der Waals surface area contributed by atoms with Gasteiger partial charge in [-0.1, -0.05) is 11.8 Å². The molecular formula is C9H4F2N2. The van der Waals surface area contributed by atoms with Gasteiger partial charge in [0.15, 0.2) is 0 Å². The number of hydrogen-bond donors (Lipinski definition) is 0. The van der Waals surface area contributed by atoms with E-state index < -0.39 is 11.9 Å². The van der Waals surface area contributed by atoms with Crippen molar-refractivity contribution in [3.63, 3.8) is 0 Å². The Kier molecular flexibility index (Phi) is 2.94. The van der Waals surface area contributed by atoms with E-state index in [-0.39, 0.29) is 12.0 Å². The summed E-state index contributed by atoms with van der Waals surface area (Å²) in [6.07, 6.45) is 0.0107. The number of rotatable bonds is 0. The number of halogens is 2. The van der Waals surface area contributed by atoms with Crippen LogP contribution in [0.4, 0.5) is 8.78 Å². The average molecular weight is 178 g/mol. The van der Waals surface area contributed by atoms with E-state index in [4.69, 9.17) is 5.26 Å². The molecule has 0 atom stereocenters. The average Bonchev–Trinajstić information content (AvgIpc) is 2.09. The molecule has 0 saturated heterocycles. The van der Waals surface area contributed by atoms with Gasteiger partial charge in [-0.3, -0.25) is 0 Å². The van der Waals surface area contributed by atoms with Gasteiger partial charge in [-0.05, 0) is 12.1 Å². The summed E-state index contributed by atoms with van der Waals surface area (Å²) in [5, 5.41) is 8.14. The maximum absolute atomic E-state index is 12.7. The van der Waals surface area contributed by atoms with Crippen LogP contribution in [0.1, 0.15) is 12.0 Å². The molecule has 0 aliphatic rings. The van der Waals surface area contributed by atoms with Gasteiger partial charge in [-0.15, -0.1) is 0 Å². The third-order valence-electron chi connectivity index (χ3n) is 1.21. The first-order chi connectivity index (χ1) is 6.24. The van der Waals surface area contributed by atoms with Crippen molar-refractivity contribution in [3.05, 3.63) is 29.6 Å². The Balaban J connectivity index is 2.93. The van der Waals surface area contributed by atoms with Crippen LogP contribution in [-0.2, 0) is 0 Å². The molecular weight excluding hydrogens is 174 g/mol. The molecule has 0 aromatic carbocycles. The molecule has 4 heteroatoms. The van der Waals surface area contributed by atoms with E-state index in [1.807, 2.05) is 0 Å². The van der Waals surface area contributed by atoms with Crippen molar-refractivity contribution in [3.8, 4) is 17.9 Å². The summed E-state index contributed by atoms with van der Waals surface area (Å²) in [6.45, 7) is 0. The van der Waals surface area contributed by atoms with Crippen LogP contribution >= 0.6 is 0 Å². The summed E-state index contributed by atoms with van der Waals surface area (Å²) in [7, 11) is 0. The molecule has 1 rings (SSSR count). The zero-order chi connectivity index (χ0) is 9.68. The van der Waals surface area contributed by atoms with Crippen LogP contribution in [0.25, 0.3) is 0 Å². The van der Waals surface area contributed by atoms with Gasteiger partial charge in [0.2, 0.25) is 11.9 Å². The molecule has 0 saturated carbocycles. The molecule has 0 bridgehead atoms. The monoisotopic (exact) mass is 178 g/mol. The lowest BCUT2D eigenvalue weighted by atomic mass is 10.3. The number of nitriles is 1. The van der Waals surface area contributed by atoms with E-state index in [1.54, 1.807) is 6.07 Å². The largest absolute Gasteiger partial charge is 0.231 e. The summed E-state index contributed by atoms with van der Waals surface area (Å²) >= 11 is 0. The fraction of sp³-hybridized carbons (Fsp3) is 0.111. The van der Waals surface area contributed by atoms with Crippen molar-refractivity contribution < 1.29 is 8.78 Å². The van der Waals surface area contributed by atoms with Gasteiger partial charge >= 0.3 is 0 Å². The summed E-state index contributed by atoms with van der Waals surface area (Å²) in [5.41, 5.74) is -0.00310. The highest BCUT2D eigenvalue weighted by atomic mass is 19.1. The minimum Gasteiger partial charge on any atom is -0.197 e. The second-order valence-electron chi connectivity index (χ2n) is 2.11. The summed E-state index contributed by atoms with van der Waals surface area (Å²) < 4.78 is 25.0. The summed E-state index contributed by atoms with van der Waals surface area (Å²) in [4.78, 5) is 2.93. The molecule has 0 aliphatic heterocycles.